The van der Waals surface area contributed by atoms with E-state index in [1.165, 1.54) is 12.1 Å². The second-order valence-electron chi connectivity index (χ2n) is 6.03. The zero-order chi connectivity index (χ0) is 16.6. The summed E-state index contributed by atoms with van der Waals surface area (Å²) in [4.78, 5) is 30.9. The van der Waals surface area contributed by atoms with Crippen LogP contribution in [-0.4, -0.2) is 59.8 Å². The molecule has 1 aromatic carbocycles. The molecule has 3 rings (SSSR count). The molecule has 0 saturated carbocycles. The molecule has 1 fully saturated rings. The standard InChI is InChI=1S/C16H19FN4O2/c1-20-4-5-21(9-11(8-20)15(18)22)16(23)14-7-10-6-12(17)2-3-13(10)19-14/h2-3,6-7,11,19H,4-5,8-9H2,1H3,(H2,18,22)/t11-/m0/s1. The molecule has 2 aromatic rings. The van der Waals surface area contributed by atoms with Gasteiger partial charge in [0.1, 0.15) is 11.5 Å². The Morgan fingerprint density at radius 3 is 2.78 bits per heavy atom. The van der Waals surface area contributed by atoms with E-state index >= 15 is 0 Å². The lowest BCUT2D eigenvalue weighted by Crippen LogP contribution is -2.40. The molecule has 122 valence electrons. The van der Waals surface area contributed by atoms with E-state index in [-0.39, 0.29) is 11.7 Å². The number of halogens is 1. The molecule has 0 bridgehead atoms. The van der Waals surface area contributed by atoms with Gasteiger partial charge in [-0.05, 0) is 31.3 Å². The summed E-state index contributed by atoms with van der Waals surface area (Å²) in [5.41, 5.74) is 6.51. The van der Waals surface area contributed by atoms with Crippen molar-refractivity contribution in [1.29, 1.82) is 0 Å². The van der Waals surface area contributed by atoms with E-state index in [0.717, 1.165) is 0 Å². The van der Waals surface area contributed by atoms with E-state index in [0.29, 0.717) is 42.8 Å². The van der Waals surface area contributed by atoms with Crippen molar-refractivity contribution in [2.75, 3.05) is 33.2 Å². The van der Waals surface area contributed by atoms with Crippen LogP contribution in [0, 0.1) is 11.7 Å². The highest BCUT2D eigenvalue weighted by Gasteiger charge is 2.28. The van der Waals surface area contributed by atoms with Crippen molar-refractivity contribution in [2.24, 2.45) is 11.7 Å². The number of hydrogen-bond acceptors (Lipinski definition) is 3. The number of aromatic amines is 1. The van der Waals surface area contributed by atoms with Crippen LogP contribution in [0.15, 0.2) is 24.3 Å². The molecule has 2 amide bonds. The van der Waals surface area contributed by atoms with Gasteiger partial charge in [0.15, 0.2) is 0 Å². The highest BCUT2D eigenvalue weighted by molar-refractivity contribution is 5.98. The topological polar surface area (TPSA) is 82.4 Å². The summed E-state index contributed by atoms with van der Waals surface area (Å²) >= 11 is 0. The summed E-state index contributed by atoms with van der Waals surface area (Å²) in [7, 11) is 1.90. The van der Waals surface area contributed by atoms with Crippen LogP contribution < -0.4 is 5.73 Å². The van der Waals surface area contributed by atoms with Crippen molar-refractivity contribution in [1.82, 2.24) is 14.8 Å². The zero-order valence-corrected chi connectivity index (χ0v) is 12.9. The molecule has 1 atom stereocenters. The van der Waals surface area contributed by atoms with Crippen molar-refractivity contribution in [3.63, 3.8) is 0 Å². The van der Waals surface area contributed by atoms with Crippen LogP contribution in [-0.2, 0) is 4.79 Å². The largest absolute Gasteiger partial charge is 0.369 e. The van der Waals surface area contributed by atoms with E-state index in [9.17, 15) is 14.0 Å². The Balaban J connectivity index is 1.86. The average molecular weight is 318 g/mol. The molecule has 0 aliphatic carbocycles. The second-order valence-corrected chi connectivity index (χ2v) is 6.03. The van der Waals surface area contributed by atoms with Crippen molar-refractivity contribution >= 4 is 22.7 Å². The SMILES string of the molecule is CN1CCN(C(=O)c2cc3cc(F)ccc3[nH]2)C[C@@H](C(N)=O)C1. The lowest BCUT2D eigenvalue weighted by molar-refractivity contribution is -0.122. The Morgan fingerprint density at radius 1 is 1.26 bits per heavy atom. The number of H-pyrrole nitrogens is 1. The summed E-state index contributed by atoms with van der Waals surface area (Å²) in [6.45, 7) is 2.02. The van der Waals surface area contributed by atoms with Crippen LogP contribution >= 0.6 is 0 Å². The highest BCUT2D eigenvalue weighted by atomic mass is 19.1. The molecule has 0 unspecified atom stereocenters. The normalized spacial score (nSPS) is 19.7. The van der Waals surface area contributed by atoms with E-state index in [4.69, 9.17) is 5.73 Å². The molecule has 0 radical (unpaired) electrons. The maximum atomic E-state index is 13.3. The number of nitrogens with zero attached hydrogens (tertiary/aromatic N) is 2. The lowest BCUT2D eigenvalue weighted by atomic mass is 10.1. The van der Waals surface area contributed by atoms with Gasteiger partial charge in [0.2, 0.25) is 5.91 Å². The van der Waals surface area contributed by atoms with Gasteiger partial charge in [0, 0.05) is 37.1 Å². The van der Waals surface area contributed by atoms with Crippen LogP contribution in [0.25, 0.3) is 10.9 Å². The monoisotopic (exact) mass is 318 g/mol. The number of primary amides is 1. The molecule has 1 aliphatic rings. The number of aromatic nitrogens is 1. The number of fused-ring (bicyclic) bond motifs is 1. The predicted octanol–water partition coefficient (Wildman–Crippen LogP) is 0.796. The minimum atomic E-state index is -0.407. The molecular weight excluding hydrogens is 299 g/mol. The van der Waals surface area contributed by atoms with Crippen molar-refractivity contribution in [3.05, 3.63) is 35.8 Å². The number of benzene rings is 1. The van der Waals surface area contributed by atoms with Crippen LogP contribution in [0.2, 0.25) is 0 Å². The first-order valence-electron chi connectivity index (χ1n) is 7.49. The Morgan fingerprint density at radius 2 is 2.04 bits per heavy atom. The van der Waals surface area contributed by atoms with E-state index < -0.39 is 11.8 Å². The van der Waals surface area contributed by atoms with Crippen LogP contribution in [0.4, 0.5) is 4.39 Å². The van der Waals surface area contributed by atoms with E-state index in [1.54, 1.807) is 17.0 Å². The third kappa shape index (κ3) is 3.19. The summed E-state index contributed by atoms with van der Waals surface area (Å²) < 4.78 is 13.3. The lowest BCUT2D eigenvalue weighted by Gasteiger charge is -2.22. The van der Waals surface area contributed by atoms with Crippen molar-refractivity contribution in [3.8, 4) is 0 Å². The number of carbonyl (C=O) groups excluding carboxylic acids is 2. The van der Waals surface area contributed by atoms with Gasteiger partial charge in [-0.2, -0.15) is 0 Å². The maximum absolute atomic E-state index is 13.3. The number of carbonyl (C=O) groups is 2. The van der Waals surface area contributed by atoms with E-state index in [2.05, 4.69) is 4.98 Å². The van der Waals surface area contributed by atoms with Gasteiger partial charge in [-0.3, -0.25) is 9.59 Å². The minimum absolute atomic E-state index is 0.205. The number of nitrogens with one attached hydrogen (secondary N) is 1. The molecule has 6 nitrogen and oxygen atoms in total. The number of amides is 2. The minimum Gasteiger partial charge on any atom is -0.369 e. The molecule has 1 saturated heterocycles. The number of hydrogen-bond donors (Lipinski definition) is 2. The van der Waals surface area contributed by atoms with Crippen LogP contribution in [0.3, 0.4) is 0 Å². The third-order valence-corrected chi connectivity index (χ3v) is 4.23. The molecule has 7 heteroatoms. The molecule has 1 aromatic heterocycles. The Kier molecular flexibility index (Phi) is 4.04. The fourth-order valence-corrected chi connectivity index (χ4v) is 2.93. The van der Waals surface area contributed by atoms with Crippen molar-refractivity contribution in [2.45, 2.75) is 0 Å². The summed E-state index contributed by atoms with van der Waals surface area (Å²) in [6.07, 6.45) is 0. The first-order chi connectivity index (χ1) is 10.9. The first-order valence-corrected chi connectivity index (χ1v) is 7.49. The average Bonchev–Trinajstić information content (AvgIpc) is 2.81. The zero-order valence-electron chi connectivity index (χ0n) is 12.9. The molecule has 3 N–H and O–H groups in total. The highest BCUT2D eigenvalue weighted by Crippen LogP contribution is 2.19. The predicted molar refractivity (Wildman–Crippen MR) is 84.3 cm³/mol. The quantitative estimate of drug-likeness (QED) is 0.859. The summed E-state index contributed by atoms with van der Waals surface area (Å²) in [5.74, 6) is -1.35. The van der Waals surface area contributed by atoms with Gasteiger partial charge >= 0.3 is 0 Å². The number of rotatable bonds is 2. The Hall–Kier alpha value is -2.41. The van der Waals surface area contributed by atoms with E-state index in [1.807, 2.05) is 11.9 Å². The van der Waals surface area contributed by atoms with Gasteiger partial charge in [0.25, 0.3) is 5.91 Å². The smallest absolute Gasteiger partial charge is 0.270 e. The van der Waals surface area contributed by atoms with Gasteiger partial charge in [-0.15, -0.1) is 0 Å². The van der Waals surface area contributed by atoms with Crippen molar-refractivity contribution < 1.29 is 14.0 Å². The van der Waals surface area contributed by atoms with Gasteiger partial charge in [-0.25, -0.2) is 4.39 Å². The molecular formula is C16H19FN4O2. The van der Waals surface area contributed by atoms with Crippen LogP contribution in [0.5, 0.6) is 0 Å². The molecule has 23 heavy (non-hydrogen) atoms. The molecule has 1 aliphatic heterocycles. The molecule has 0 spiro atoms. The fourth-order valence-electron chi connectivity index (χ4n) is 2.93. The van der Waals surface area contributed by atoms with Gasteiger partial charge < -0.3 is 20.5 Å². The fraction of sp³-hybridized carbons (Fsp3) is 0.375. The number of likely N-dealkylation sites (N-methyl/N-ethyl adjacent to an activating group) is 1. The second kappa shape index (κ2) is 6.00. The van der Waals surface area contributed by atoms with Gasteiger partial charge in [-0.1, -0.05) is 0 Å². The Bertz CT molecular complexity index is 758. The van der Waals surface area contributed by atoms with Gasteiger partial charge in [0.05, 0.1) is 5.92 Å². The number of nitrogens with two attached hydrogens (primary N) is 1. The third-order valence-electron chi connectivity index (χ3n) is 4.23. The first kappa shape index (κ1) is 15.5. The molecule has 2 heterocycles. The summed E-state index contributed by atoms with van der Waals surface area (Å²) in [6, 6.07) is 5.96. The summed E-state index contributed by atoms with van der Waals surface area (Å²) in [5, 5.41) is 0.645. The maximum Gasteiger partial charge on any atom is 0.270 e. The Labute approximate surface area is 133 Å². The van der Waals surface area contributed by atoms with Crippen LogP contribution in [0.1, 0.15) is 10.5 Å².